The number of aromatic nitrogens is 4. The van der Waals surface area contributed by atoms with Crippen LogP contribution >= 0.6 is 22.9 Å². The molecular weight excluding hydrogens is 490 g/mol. The molecule has 1 aliphatic heterocycles. The maximum Gasteiger partial charge on any atom is 0.267 e. The highest BCUT2D eigenvalue weighted by Gasteiger charge is 2.21. The van der Waals surface area contributed by atoms with E-state index < -0.39 is 0 Å². The number of thiazole rings is 1. The first-order valence-corrected chi connectivity index (χ1v) is 12.5. The molecule has 0 aliphatic carbocycles. The van der Waals surface area contributed by atoms with Crippen LogP contribution in [0.1, 0.15) is 22.2 Å². The van der Waals surface area contributed by atoms with Gasteiger partial charge in [-0.2, -0.15) is 15.0 Å². The van der Waals surface area contributed by atoms with Gasteiger partial charge in [-0.15, -0.1) is 0 Å². The van der Waals surface area contributed by atoms with E-state index in [1.807, 2.05) is 26.0 Å². The smallest absolute Gasteiger partial charge is 0.267 e. The third-order valence-corrected chi connectivity index (χ3v) is 6.67. The van der Waals surface area contributed by atoms with Crippen molar-refractivity contribution in [1.82, 2.24) is 24.8 Å². The van der Waals surface area contributed by atoms with Crippen LogP contribution in [0.15, 0.2) is 24.4 Å². The molecule has 3 heterocycles. The molecule has 1 fully saturated rings. The summed E-state index contributed by atoms with van der Waals surface area (Å²) >= 11 is 7.42. The van der Waals surface area contributed by atoms with Crippen molar-refractivity contribution in [2.45, 2.75) is 13.8 Å². The number of halogens is 1. The quantitative estimate of drug-likeness (QED) is 0.336. The average molecular weight is 518 g/mol. The summed E-state index contributed by atoms with van der Waals surface area (Å²) in [5, 5.41) is 19.2. The Morgan fingerprint density at radius 3 is 2.66 bits per heavy atom. The summed E-state index contributed by atoms with van der Waals surface area (Å²) in [6, 6.07) is 5.45. The Morgan fingerprint density at radius 1 is 1.17 bits per heavy atom. The Hall–Kier alpha value is -3.06. The lowest BCUT2D eigenvalue weighted by atomic mass is 10.2. The molecule has 1 saturated heterocycles. The van der Waals surface area contributed by atoms with E-state index in [0.717, 1.165) is 31.7 Å². The van der Waals surface area contributed by atoms with Gasteiger partial charge < -0.3 is 20.6 Å². The molecule has 0 bridgehead atoms. The fourth-order valence-corrected chi connectivity index (χ4v) is 4.58. The molecule has 0 saturated carbocycles. The molecule has 13 heteroatoms. The largest absolute Gasteiger partial charge is 0.395 e. The number of para-hydroxylation sites is 1. The monoisotopic (exact) mass is 517 g/mol. The number of benzene rings is 1. The van der Waals surface area contributed by atoms with Crippen molar-refractivity contribution in [3.63, 3.8) is 0 Å². The molecule has 186 valence electrons. The van der Waals surface area contributed by atoms with Crippen LogP contribution in [0.5, 0.6) is 0 Å². The van der Waals surface area contributed by atoms with Crippen LogP contribution in [0.2, 0.25) is 5.02 Å². The number of hydrogen-bond acceptors (Lipinski definition) is 11. The van der Waals surface area contributed by atoms with Gasteiger partial charge in [-0.05, 0) is 25.5 Å². The average Bonchev–Trinajstić information content (AvgIpc) is 3.31. The number of carbonyl (C=O) groups is 1. The van der Waals surface area contributed by atoms with Gasteiger partial charge in [0.2, 0.25) is 17.8 Å². The number of aliphatic hydroxyl groups excluding tert-OH is 1. The van der Waals surface area contributed by atoms with Crippen molar-refractivity contribution in [2.75, 3.05) is 66.7 Å². The van der Waals surface area contributed by atoms with Crippen LogP contribution in [-0.2, 0) is 0 Å². The summed E-state index contributed by atoms with van der Waals surface area (Å²) in [6.07, 6.45) is 1.50. The molecule has 3 aromatic rings. The second-order valence-electron chi connectivity index (χ2n) is 7.91. The van der Waals surface area contributed by atoms with Crippen molar-refractivity contribution < 1.29 is 9.90 Å². The first-order valence-electron chi connectivity index (χ1n) is 11.3. The van der Waals surface area contributed by atoms with Crippen LogP contribution in [0.4, 0.5) is 28.7 Å². The summed E-state index contributed by atoms with van der Waals surface area (Å²) in [4.78, 5) is 35.4. The van der Waals surface area contributed by atoms with E-state index >= 15 is 0 Å². The SMILES string of the molecule is CCNc1nc(Nc2ncc(C(=O)Nc3c(C)cccc3Cl)s2)nc(N2CCN(CCO)CC2)n1. The molecule has 1 aromatic carbocycles. The minimum Gasteiger partial charge on any atom is -0.395 e. The first kappa shape index (κ1) is 25.0. The first-order chi connectivity index (χ1) is 17.0. The van der Waals surface area contributed by atoms with Gasteiger partial charge in [0, 0.05) is 39.3 Å². The molecule has 0 radical (unpaired) electrons. The minimum absolute atomic E-state index is 0.149. The molecule has 4 rings (SSSR count). The molecule has 1 amide bonds. The molecule has 0 spiro atoms. The van der Waals surface area contributed by atoms with Crippen molar-refractivity contribution in [2.24, 2.45) is 0 Å². The van der Waals surface area contributed by atoms with Crippen LogP contribution < -0.4 is 20.9 Å². The summed E-state index contributed by atoms with van der Waals surface area (Å²) in [6.45, 7) is 8.46. The van der Waals surface area contributed by atoms with Gasteiger partial charge in [-0.3, -0.25) is 15.0 Å². The number of aryl methyl sites for hydroxylation is 1. The lowest BCUT2D eigenvalue weighted by Gasteiger charge is -2.34. The Kier molecular flexibility index (Phi) is 8.29. The van der Waals surface area contributed by atoms with Crippen molar-refractivity contribution in [3.8, 4) is 0 Å². The minimum atomic E-state index is -0.294. The zero-order valence-corrected chi connectivity index (χ0v) is 21.2. The highest BCUT2D eigenvalue weighted by molar-refractivity contribution is 7.17. The van der Waals surface area contributed by atoms with Gasteiger partial charge in [0.1, 0.15) is 4.88 Å². The number of nitrogens with zero attached hydrogens (tertiary/aromatic N) is 6. The van der Waals surface area contributed by atoms with Crippen molar-refractivity contribution in [3.05, 3.63) is 39.9 Å². The van der Waals surface area contributed by atoms with Crippen molar-refractivity contribution in [1.29, 1.82) is 0 Å². The Balaban J connectivity index is 1.47. The highest BCUT2D eigenvalue weighted by atomic mass is 35.5. The molecule has 0 atom stereocenters. The predicted octanol–water partition coefficient (Wildman–Crippen LogP) is 2.83. The van der Waals surface area contributed by atoms with E-state index in [0.29, 0.717) is 51.7 Å². The van der Waals surface area contributed by atoms with Gasteiger partial charge in [0.05, 0.1) is 23.5 Å². The van der Waals surface area contributed by atoms with Crippen molar-refractivity contribution >= 4 is 57.5 Å². The maximum absolute atomic E-state index is 12.8. The van der Waals surface area contributed by atoms with Crippen LogP contribution in [-0.4, -0.2) is 81.7 Å². The number of anilines is 5. The van der Waals surface area contributed by atoms with E-state index in [1.54, 1.807) is 6.07 Å². The van der Waals surface area contributed by atoms with Gasteiger partial charge >= 0.3 is 0 Å². The second kappa shape index (κ2) is 11.6. The van der Waals surface area contributed by atoms with Crippen LogP contribution in [0.3, 0.4) is 0 Å². The Morgan fingerprint density at radius 2 is 1.94 bits per heavy atom. The third-order valence-electron chi connectivity index (χ3n) is 5.44. The summed E-state index contributed by atoms with van der Waals surface area (Å²) < 4.78 is 0. The van der Waals surface area contributed by atoms with E-state index in [2.05, 4.69) is 45.7 Å². The second-order valence-corrected chi connectivity index (χ2v) is 9.34. The van der Waals surface area contributed by atoms with E-state index in [1.165, 1.54) is 17.5 Å². The topological polar surface area (TPSA) is 131 Å². The summed E-state index contributed by atoms with van der Waals surface area (Å²) in [7, 11) is 0. The number of piperazine rings is 1. The zero-order valence-electron chi connectivity index (χ0n) is 19.6. The van der Waals surface area contributed by atoms with Gasteiger partial charge in [0.15, 0.2) is 5.13 Å². The van der Waals surface area contributed by atoms with E-state index in [4.69, 9.17) is 16.7 Å². The molecule has 4 N–H and O–H groups in total. The van der Waals surface area contributed by atoms with E-state index in [-0.39, 0.29) is 12.5 Å². The fraction of sp³-hybridized carbons (Fsp3) is 0.409. The Labute approximate surface area is 212 Å². The lowest BCUT2D eigenvalue weighted by Crippen LogP contribution is -2.47. The molecule has 1 aliphatic rings. The normalized spacial score (nSPS) is 14.1. The van der Waals surface area contributed by atoms with Gasteiger partial charge in [-0.1, -0.05) is 35.1 Å². The predicted molar refractivity (Wildman–Crippen MR) is 139 cm³/mol. The number of aliphatic hydroxyl groups is 1. The molecule has 0 unspecified atom stereocenters. The molecule has 11 nitrogen and oxygen atoms in total. The molecule has 35 heavy (non-hydrogen) atoms. The highest BCUT2D eigenvalue weighted by Crippen LogP contribution is 2.28. The van der Waals surface area contributed by atoms with Crippen LogP contribution in [0, 0.1) is 6.92 Å². The number of nitrogens with one attached hydrogen (secondary N) is 3. The van der Waals surface area contributed by atoms with Gasteiger partial charge in [0.25, 0.3) is 5.91 Å². The lowest BCUT2D eigenvalue weighted by molar-refractivity contribution is 0.103. The molecule has 2 aromatic heterocycles. The number of carbonyl (C=O) groups excluding carboxylic acids is 1. The van der Waals surface area contributed by atoms with Gasteiger partial charge in [-0.25, -0.2) is 4.98 Å². The van der Waals surface area contributed by atoms with E-state index in [9.17, 15) is 4.79 Å². The number of β-amino-alcohol motifs (C(OH)–C–C–N with tert-alkyl or cyclic N) is 1. The fourth-order valence-electron chi connectivity index (χ4n) is 3.61. The third kappa shape index (κ3) is 6.34. The number of hydrogen-bond donors (Lipinski definition) is 4. The standard InChI is InChI=1S/C22H28ClN9O2S/c1-3-24-19-27-20(29-21(28-19)32-9-7-31(8-10-32)11-12-33)30-22-25-13-16(35-22)18(34)26-17-14(2)5-4-6-15(17)23/h4-6,13,33H,3,7-12H2,1-2H3,(H,26,34)(H2,24,25,27,28,29,30). The molecular formula is C22H28ClN9O2S. The van der Waals surface area contributed by atoms with Crippen LogP contribution in [0.25, 0.3) is 0 Å². The number of rotatable bonds is 9. The maximum atomic E-state index is 12.8. The Bertz CT molecular complexity index is 1150. The zero-order chi connectivity index (χ0) is 24.8. The summed E-state index contributed by atoms with van der Waals surface area (Å²) in [5.41, 5.74) is 1.46. The number of amides is 1. The summed E-state index contributed by atoms with van der Waals surface area (Å²) in [5.74, 6) is 1.07.